The Morgan fingerprint density at radius 3 is 2.83 bits per heavy atom. The third-order valence-electron chi connectivity index (χ3n) is 3.41. The zero-order valence-electron chi connectivity index (χ0n) is 10.9. The summed E-state index contributed by atoms with van der Waals surface area (Å²) < 4.78 is 12.2. The van der Waals surface area contributed by atoms with Crippen molar-refractivity contribution in [2.45, 2.75) is 38.1 Å². The van der Waals surface area contributed by atoms with Crippen molar-refractivity contribution in [2.75, 3.05) is 13.7 Å². The summed E-state index contributed by atoms with van der Waals surface area (Å²) in [6, 6.07) is 8.66. The summed E-state index contributed by atoms with van der Waals surface area (Å²) >= 11 is 3.56. The molecule has 18 heavy (non-hydrogen) atoms. The molecule has 1 aliphatic rings. The summed E-state index contributed by atoms with van der Waals surface area (Å²) in [7, 11) is 1.75. The fourth-order valence-electron chi connectivity index (χ4n) is 2.36. The van der Waals surface area contributed by atoms with Gasteiger partial charge in [0.2, 0.25) is 0 Å². The minimum Gasteiger partial charge on any atom is -0.377 e. The van der Waals surface area contributed by atoms with Gasteiger partial charge >= 0.3 is 0 Å². The van der Waals surface area contributed by atoms with E-state index in [1.807, 2.05) is 13.0 Å². The second-order valence-electron chi connectivity index (χ2n) is 4.51. The van der Waals surface area contributed by atoms with Crippen LogP contribution in [0.4, 0.5) is 0 Å². The molecule has 0 bridgehead atoms. The minimum absolute atomic E-state index is 0.174. The van der Waals surface area contributed by atoms with Crippen molar-refractivity contribution >= 4 is 15.9 Å². The predicted molar refractivity (Wildman–Crippen MR) is 75.6 cm³/mol. The highest BCUT2D eigenvalue weighted by Crippen LogP contribution is 2.27. The molecule has 0 spiro atoms. The molecule has 0 saturated heterocycles. The van der Waals surface area contributed by atoms with Crippen LogP contribution in [0.2, 0.25) is 0 Å². The Hall–Kier alpha value is -0.420. The van der Waals surface area contributed by atoms with Crippen LogP contribution in [0.25, 0.3) is 0 Å². The van der Waals surface area contributed by atoms with Crippen molar-refractivity contribution in [3.8, 4) is 0 Å². The topological polar surface area (TPSA) is 30.5 Å². The third kappa shape index (κ3) is 3.12. The molecule has 0 aromatic heterocycles. The van der Waals surface area contributed by atoms with Gasteiger partial charge in [-0.2, -0.15) is 0 Å². The Balaban J connectivity index is 1.83. The maximum atomic E-state index is 5.61. The molecular weight excluding hydrogens is 294 g/mol. The normalized spacial score (nSPS) is 26.9. The molecule has 3 nitrogen and oxygen atoms in total. The van der Waals surface area contributed by atoms with Crippen molar-refractivity contribution in [2.24, 2.45) is 0 Å². The number of rotatable bonds is 6. The molecule has 1 N–H and O–H groups in total. The van der Waals surface area contributed by atoms with Crippen LogP contribution in [0.1, 0.15) is 18.9 Å². The first kappa shape index (κ1) is 14.0. The van der Waals surface area contributed by atoms with Crippen molar-refractivity contribution in [3.63, 3.8) is 0 Å². The summed E-state index contributed by atoms with van der Waals surface area (Å²) in [5.41, 5.74) is 1.27. The summed E-state index contributed by atoms with van der Waals surface area (Å²) in [4.78, 5) is 0. The van der Waals surface area contributed by atoms with Gasteiger partial charge in [-0.1, -0.05) is 34.1 Å². The van der Waals surface area contributed by atoms with Crippen LogP contribution in [-0.4, -0.2) is 32.0 Å². The summed E-state index contributed by atoms with van der Waals surface area (Å²) in [6.45, 7) is 3.63. The van der Waals surface area contributed by atoms with E-state index in [1.54, 1.807) is 7.11 Å². The molecular formula is C14H20BrNO2. The van der Waals surface area contributed by atoms with Gasteiger partial charge in [-0.05, 0) is 25.0 Å². The Labute approximate surface area is 117 Å². The van der Waals surface area contributed by atoms with Crippen LogP contribution in [0.15, 0.2) is 28.7 Å². The van der Waals surface area contributed by atoms with Gasteiger partial charge in [0, 0.05) is 30.8 Å². The number of hydrogen-bond acceptors (Lipinski definition) is 3. The van der Waals surface area contributed by atoms with Crippen molar-refractivity contribution in [1.82, 2.24) is 5.32 Å². The Bertz CT molecular complexity index is 386. The number of nitrogens with one attached hydrogen (secondary N) is 1. The lowest BCUT2D eigenvalue weighted by Gasteiger charge is -2.43. The average molecular weight is 314 g/mol. The number of ether oxygens (including phenoxy) is 2. The van der Waals surface area contributed by atoms with Crippen LogP contribution >= 0.6 is 15.9 Å². The first-order chi connectivity index (χ1) is 8.76. The molecule has 0 radical (unpaired) electrons. The lowest BCUT2D eigenvalue weighted by atomic mass is 9.85. The van der Waals surface area contributed by atoms with Crippen molar-refractivity contribution in [1.29, 1.82) is 0 Å². The van der Waals surface area contributed by atoms with E-state index in [1.165, 1.54) is 5.56 Å². The molecule has 4 heteroatoms. The van der Waals surface area contributed by atoms with E-state index < -0.39 is 0 Å². The quantitative estimate of drug-likeness (QED) is 0.876. The fraction of sp³-hybridized carbons (Fsp3) is 0.571. The van der Waals surface area contributed by atoms with Gasteiger partial charge in [-0.25, -0.2) is 0 Å². The van der Waals surface area contributed by atoms with Gasteiger partial charge in [0.15, 0.2) is 0 Å². The summed E-state index contributed by atoms with van der Waals surface area (Å²) in [5, 5.41) is 3.53. The molecule has 0 heterocycles. The highest BCUT2D eigenvalue weighted by Gasteiger charge is 2.41. The molecule has 2 rings (SSSR count). The summed E-state index contributed by atoms with van der Waals surface area (Å²) in [6.07, 6.45) is 1.45. The molecule has 0 amide bonds. The van der Waals surface area contributed by atoms with Crippen LogP contribution in [0.5, 0.6) is 0 Å². The third-order valence-corrected chi connectivity index (χ3v) is 4.19. The Morgan fingerprint density at radius 1 is 1.39 bits per heavy atom. The van der Waals surface area contributed by atoms with Crippen LogP contribution < -0.4 is 5.32 Å². The van der Waals surface area contributed by atoms with E-state index in [-0.39, 0.29) is 12.2 Å². The molecule has 100 valence electrons. The molecule has 3 unspecified atom stereocenters. The van der Waals surface area contributed by atoms with E-state index in [0.29, 0.717) is 6.04 Å². The SMILES string of the molecule is CCOC1CC(NCc2ccccc2Br)C1OC. The number of hydrogen-bond donors (Lipinski definition) is 1. The second-order valence-corrected chi connectivity index (χ2v) is 5.36. The van der Waals surface area contributed by atoms with Crippen LogP contribution in [0, 0.1) is 0 Å². The van der Waals surface area contributed by atoms with Gasteiger partial charge < -0.3 is 14.8 Å². The van der Waals surface area contributed by atoms with E-state index in [2.05, 4.69) is 39.4 Å². The molecule has 3 atom stereocenters. The average Bonchev–Trinajstić information content (AvgIpc) is 2.35. The highest BCUT2D eigenvalue weighted by molar-refractivity contribution is 9.10. The molecule has 1 aromatic carbocycles. The summed E-state index contributed by atoms with van der Waals surface area (Å²) in [5.74, 6) is 0. The molecule has 1 aromatic rings. The zero-order valence-corrected chi connectivity index (χ0v) is 12.4. The number of methoxy groups -OCH3 is 1. The van der Waals surface area contributed by atoms with Gasteiger partial charge in [-0.15, -0.1) is 0 Å². The molecule has 1 saturated carbocycles. The van der Waals surface area contributed by atoms with Crippen molar-refractivity contribution in [3.05, 3.63) is 34.3 Å². The lowest BCUT2D eigenvalue weighted by molar-refractivity contribution is -0.131. The second kappa shape index (κ2) is 6.66. The first-order valence-electron chi connectivity index (χ1n) is 6.37. The van der Waals surface area contributed by atoms with Crippen LogP contribution in [0.3, 0.4) is 0 Å². The molecule has 0 aliphatic heterocycles. The van der Waals surface area contributed by atoms with Crippen LogP contribution in [-0.2, 0) is 16.0 Å². The van der Waals surface area contributed by atoms with Gasteiger partial charge in [0.1, 0.15) is 0 Å². The van der Waals surface area contributed by atoms with Gasteiger partial charge in [0.25, 0.3) is 0 Å². The monoisotopic (exact) mass is 313 g/mol. The smallest absolute Gasteiger partial charge is 0.0986 e. The predicted octanol–water partition coefficient (Wildman–Crippen LogP) is 2.73. The van der Waals surface area contributed by atoms with Crippen molar-refractivity contribution < 1.29 is 9.47 Å². The molecule has 1 fully saturated rings. The highest BCUT2D eigenvalue weighted by atomic mass is 79.9. The fourth-order valence-corrected chi connectivity index (χ4v) is 2.78. The van der Waals surface area contributed by atoms with E-state index in [4.69, 9.17) is 9.47 Å². The number of benzene rings is 1. The standard InChI is InChI=1S/C14H20BrNO2/c1-3-18-13-8-12(14(13)17-2)16-9-10-6-4-5-7-11(10)15/h4-7,12-14,16H,3,8-9H2,1-2H3. The molecule has 1 aliphatic carbocycles. The van der Waals surface area contributed by atoms with Gasteiger partial charge in [0.05, 0.1) is 12.2 Å². The minimum atomic E-state index is 0.174. The number of halogens is 1. The Morgan fingerprint density at radius 2 is 2.17 bits per heavy atom. The van der Waals surface area contributed by atoms with E-state index in [0.717, 1.165) is 24.0 Å². The lowest BCUT2D eigenvalue weighted by Crippen LogP contribution is -2.59. The van der Waals surface area contributed by atoms with E-state index >= 15 is 0 Å². The first-order valence-corrected chi connectivity index (χ1v) is 7.16. The van der Waals surface area contributed by atoms with Gasteiger partial charge in [-0.3, -0.25) is 0 Å². The largest absolute Gasteiger partial charge is 0.377 e. The maximum Gasteiger partial charge on any atom is 0.0986 e. The Kier molecular flexibility index (Phi) is 5.18. The zero-order chi connectivity index (χ0) is 13.0. The van der Waals surface area contributed by atoms with E-state index in [9.17, 15) is 0 Å². The maximum absolute atomic E-state index is 5.61.